The fourth-order valence-corrected chi connectivity index (χ4v) is 3.75. The first-order valence-electron chi connectivity index (χ1n) is 11.3. The number of guanidine groups is 1. The summed E-state index contributed by atoms with van der Waals surface area (Å²) in [6.07, 6.45) is 3.94. The molecule has 0 fully saturated rings. The minimum absolute atomic E-state index is 0.333. The van der Waals surface area contributed by atoms with Crippen LogP contribution >= 0.6 is 0 Å². The molecule has 7 nitrogen and oxygen atoms in total. The summed E-state index contributed by atoms with van der Waals surface area (Å²) in [5.74, 6) is 2.96. The molecular weight excluding hydrogens is 374 g/mol. The molecule has 0 saturated heterocycles. The maximum atomic E-state index is 4.84. The lowest BCUT2D eigenvalue weighted by Gasteiger charge is -2.26. The predicted molar refractivity (Wildman–Crippen MR) is 123 cm³/mol. The van der Waals surface area contributed by atoms with Crippen LogP contribution in [0.15, 0.2) is 35.3 Å². The molecule has 2 aromatic rings. The summed E-state index contributed by atoms with van der Waals surface area (Å²) in [5, 5.41) is 11.6. The lowest BCUT2D eigenvalue weighted by Crippen LogP contribution is -2.47. The first-order chi connectivity index (χ1) is 14.6. The number of nitrogens with zero attached hydrogens (tertiary/aromatic N) is 5. The van der Waals surface area contributed by atoms with Crippen molar-refractivity contribution in [2.24, 2.45) is 4.99 Å². The zero-order valence-corrected chi connectivity index (χ0v) is 18.9. The van der Waals surface area contributed by atoms with Gasteiger partial charge < -0.3 is 10.6 Å². The number of nitrogens with one attached hydrogen (secondary N) is 2. The fraction of sp³-hybridized carbons (Fsp3) is 0.609. The molecule has 2 heterocycles. The molecule has 0 saturated carbocycles. The van der Waals surface area contributed by atoms with Gasteiger partial charge in [0.15, 0.2) is 11.8 Å². The zero-order valence-electron chi connectivity index (χ0n) is 18.9. The second-order valence-corrected chi connectivity index (χ2v) is 8.16. The van der Waals surface area contributed by atoms with Crippen molar-refractivity contribution in [3.05, 3.63) is 47.5 Å². The van der Waals surface area contributed by atoms with Crippen molar-refractivity contribution in [1.82, 2.24) is 30.3 Å². The Morgan fingerprint density at radius 3 is 2.83 bits per heavy atom. The molecule has 1 aliphatic rings. The van der Waals surface area contributed by atoms with Gasteiger partial charge in [-0.2, -0.15) is 5.10 Å². The number of hydrogen-bond acceptors (Lipinski definition) is 4. The van der Waals surface area contributed by atoms with Crippen LogP contribution in [0.2, 0.25) is 0 Å². The number of rotatable bonds is 9. The molecule has 2 atom stereocenters. The van der Waals surface area contributed by atoms with Gasteiger partial charge in [-0.25, -0.2) is 9.67 Å². The van der Waals surface area contributed by atoms with E-state index >= 15 is 0 Å². The third-order valence-electron chi connectivity index (χ3n) is 5.75. The lowest BCUT2D eigenvalue weighted by atomic mass is 10.1. The van der Waals surface area contributed by atoms with Gasteiger partial charge in [-0.3, -0.25) is 9.89 Å². The van der Waals surface area contributed by atoms with Crippen molar-refractivity contribution < 1.29 is 0 Å². The topological polar surface area (TPSA) is 70.4 Å². The van der Waals surface area contributed by atoms with Gasteiger partial charge in [0.1, 0.15) is 5.82 Å². The summed E-state index contributed by atoms with van der Waals surface area (Å²) in [4.78, 5) is 11.8. The van der Waals surface area contributed by atoms with Crippen molar-refractivity contribution >= 4 is 5.96 Å². The summed E-state index contributed by atoms with van der Waals surface area (Å²) in [6.45, 7) is 9.96. The lowest BCUT2D eigenvalue weighted by molar-refractivity contribution is 0.240. The van der Waals surface area contributed by atoms with Crippen LogP contribution in [-0.4, -0.2) is 57.8 Å². The molecule has 0 bridgehead atoms. The highest BCUT2D eigenvalue weighted by Gasteiger charge is 2.22. The number of fused-ring (bicyclic) bond motifs is 1. The van der Waals surface area contributed by atoms with Gasteiger partial charge in [0.2, 0.25) is 0 Å². The Morgan fingerprint density at radius 1 is 1.30 bits per heavy atom. The molecule has 1 aromatic heterocycles. The minimum atomic E-state index is 0.333. The van der Waals surface area contributed by atoms with Crippen molar-refractivity contribution in [2.45, 2.75) is 71.6 Å². The second-order valence-electron chi connectivity index (χ2n) is 8.16. The van der Waals surface area contributed by atoms with E-state index in [9.17, 15) is 0 Å². The van der Waals surface area contributed by atoms with E-state index in [1.165, 1.54) is 5.56 Å². The largest absolute Gasteiger partial charge is 0.357 e. The van der Waals surface area contributed by atoms with E-state index in [1.807, 2.05) is 0 Å². The van der Waals surface area contributed by atoms with E-state index in [4.69, 9.17) is 4.99 Å². The summed E-state index contributed by atoms with van der Waals surface area (Å²) in [6, 6.07) is 11.4. The molecule has 30 heavy (non-hydrogen) atoms. The highest BCUT2D eigenvalue weighted by Crippen LogP contribution is 2.13. The van der Waals surface area contributed by atoms with Crippen molar-refractivity contribution in [1.29, 1.82) is 0 Å². The average molecular weight is 412 g/mol. The normalized spacial score (nSPS) is 17.6. The van der Waals surface area contributed by atoms with Crippen LogP contribution in [0.25, 0.3) is 0 Å². The standard InChI is InChI=1S/C23H37N7/c1-5-21-27-22-13-12-20(17-30(22)28-21)26-23(24-6-2)25-15-14-18(3)29(4)16-19-10-8-7-9-11-19/h7-11,18,20H,5-6,12-17H2,1-4H3,(H2,24,25,26). The molecule has 0 amide bonds. The molecule has 7 heteroatoms. The van der Waals surface area contributed by atoms with Crippen molar-refractivity contribution in [3.63, 3.8) is 0 Å². The van der Waals surface area contributed by atoms with Gasteiger partial charge in [-0.15, -0.1) is 0 Å². The van der Waals surface area contributed by atoms with Crippen LogP contribution in [0.1, 0.15) is 50.8 Å². The molecule has 0 spiro atoms. The fourth-order valence-electron chi connectivity index (χ4n) is 3.75. The van der Waals surface area contributed by atoms with Crippen molar-refractivity contribution in [2.75, 3.05) is 20.1 Å². The Morgan fingerprint density at radius 2 is 2.10 bits per heavy atom. The maximum Gasteiger partial charge on any atom is 0.191 e. The van der Waals surface area contributed by atoms with Crippen LogP contribution in [0.4, 0.5) is 0 Å². The predicted octanol–water partition coefficient (Wildman–Crippen LogP) is 2.62. The van der Waals surface area contributed by atoms with Gasteiger partial charge in [0, 0.05) is 44.6 Å². The Kier molecular flexibility index (Phi) is 8.25. The average Bonchev–Trinajstić information content (AvgIpc) is 3.17. The molecule has 1 aromatic carbocycles. The van der Waals surface area contributed by atoms with E-state index in [0.29, 0.717) is 12.1 Å². The minimum Gasteiger partial charge on any atom is -0.357 e. The number of aryl methyl sites for hydroxylation is 2. The first kappa shape index (κ1) is 22.3. The molecule has 164 valence electrons. The number of aliphatic imine (C=N–C) groups is 1. The van der Waals surface area contributed by atoms with Gasteiger partial charge in [0.25, 0.3) is 0 Å². The first-order valence-corrected chi connectivity index (χ1v) is 11.3. The molecular formula is C23H37N7. The van der Waals surface area contributed by atoms with E-state index in [2.05, 4.69) is 88.4 Å². The van der Waals surface area contributed by atoms with E-state index in [-0.39, 0.29) is 0 Å². The Hall–Kier alpha value is -2.41. The van der Waals surface area contributed by atoms with Crippen molar-refractivity contribution in [3.8, 4) is 0 Å². The molecule has 0 aliphatic carbocycles. The maximum absolute atomic E-state index is 4.84. The van der Waals surface area contributed by atoms with E-state index in [1.54, 1.807) is 0 Å². The monoisotopic (exact) mass is 411 g/mol. The van der Waals surface area contributed by atoms with Crippen LogP contribution in [0.3, 0.4) is 0 Å². The van der Waals surface area contributed by atoms with Crippen LogP contribution in [0, 0.1) is 0 Å². The highest BCUT2D eigenvalue weighted by atomic mass is 15.4. The van der Waals surface area contributed by atoms with E-state index < -0.39 is 0 Å². The second kappa shape index (κ2) is 11.1. The zero-order chi connectivity index (χ0) is 21.3. The van der Waals surface area contributed by atoms with Gasteiger partial charge in [-0.05, 0) is 39.3 Å². The molecule has 2 unspecified atom stereocenters. The molecule has 1 aliphatic heterocycles. The SMILES string of the molecule is CCNC(=NCCC(C)N(C)Cc1ccccc1)NC1CCc2nc(CC)nn2C1. The summed E-state index contributed by atoms with van der Waals surface area (Å²) >= 11 is 0. The number of benzene rings is 1. The van der Waals surface area contributed by atoms with Gasteiger partial charge in [0.05, 0.1) is 6.54 Å². The Balaban J connectivity index is 1.49. The van der Waals surface area contributed by atoms with Crippen LogP contribution in [0.5, 0.6) is 0 Å². The van der Waals surface area contributed by atoms with Crippen LogP contribution < -0.4 is 10.6 Å². The number of aromatic nitrogens is 3. The summed E-state index contributed by atoms with van der Waals surface area (Å²) in [5.41, 5.74) is 1.35. The van der Waals surface area contributed by atoms with E-state index in [0.717, 1.165) is 69.5 Å². The summed E-state index contributed by atoms with van der Waals surface area (Å²) < 4.78 is 2.06. The molecule has 3 rings (SSSR count). The van der Waals surface area contributed by atoms with Gasteiger partial charge >= 0.3 is 0 Å². The summed E-state index contributed by atoms with van der Waals surface area (Å²) in [7, 11) is 2.19. The third kappa shape index (κ3) is 6.29. The molecule has 0 radical (unpaired) electrons. The van der Waals surface area contributed by atoms with Gasteiger partial charge in [-0.1, -0.05) is 37.3 Å². The number of hydrogen-bond donors (Lipinski definition) is 2. The smallest absolute Gasteiger partial charge is 0.191 e. The Bertz CT molecular complexity index is 799. The molecule has 2 N–H and O–H groups in total. The highest BCUT2D eigenvalue weighted by molar-refractivity contribution is 5.80. The van der Waals surface area contributed by atoms with Crippen LogP contribution in [-0.2, 0) is 25.9 Å². The third-order valence-corrected chi connectivity index (χ3v) is 5.75. The Labute approximate surface area is 181 Å². The quantitative estimate of drug-likeness (QED) is 0.490.